The predicted molar refractivity (Wildman–Crippen MR) is 124 cm³/mol. The molecule has 0 fully saturated rings. The Hall–Kier alpha value is -3.45. The van der Waals surface area contributed by atoms with Gasteiger partial charge in [-0.2, -0.15) is 5.10 Å². The predicted octanol–water partition coefficient (Wildman–Crippen LogP) is 4.22. The van der Waals surface area contributed by atoms with Crippen molar-refractivity contribution in [3.8, 4) is 28.4 Å². The number of aryl methyl sites for hydroxylation is 1. The Bertz CT molecular complexity index is 1300. The highest BCUT2D eigenvalue weighted by Crippen LogP contribution is 2.33. The number of aromatic nitrogens is 4. The number of nitrogens with zero attached hydrogens (tertiary/aromatic N) is 3. The standard InChI is InChI=1S/C25H27N5O2/c1-4-15-9-18(32)6-8-19(15)16-5-7-20-21(10-16)28-29-24(20)25-26-22-11-17(13-31)30(14(2)3)12-23(22)27-25/h5-10,13-14,17,32H,4,11-12H2,1-3H3,(H,26,27)(H,28,29)/t17-/m0/s1. The Morgan fingerprint density at radius 2 is 2.09 bits per heavy atom. The van der Waals surface area contributed by atoms with E-state index in [1.807, 2.05) is 12.1 Å². The van der Waals surface area contributed by atoms with Gasteiger partial charge >= 0.3 is 0 Å². The molecule has 3 N–H and O–H groups in total. The van der Waals surface area contributed by atoms with Gasteiger partial charge in [0.2, 0.25) is 0 Å². The number of hydrogen-bond donors (Lipinski definition) is 3. The zero-order chi connectivity index (χ0) is 22.4. The lowest BCUT2D eigenvalue weighted by Crippen LogP contribution is -2.45. The lowest BCUT2D eigenvalue weighted by atomic mass is 9.97. The van der Waals surface area contributed by atoms with E-state index in [1.165, 1.54) is 0 Å². The number of imidazole rings is 1. The second-order valence-corrected chi connectivity index (χ2v) is 8.71. The third kappa shape index (κ3) is 3.39. The number of hydrogen-bond acceptors (Lipinski definition) is 5. The summed E-state index contributed by atoms with van der Waals surface area (Å²) < 4.78 is 0. The Morgan fingerprint density at radius 1 is 1.25 bits per heavy atom. The second kappa shape index (κ2) is 7.91. The largest absolute Gasteiger partial charge is 0.508 e. The average molecular weight is 430 g/mol. The van der Waals surface area contributed by atoms with Gasteiger partial charge in [0.05, 0.1) is 22.9 Å². The zero-order valence-electron chi connectivity index (χ0n) is 18.5. The van der Waals surface area contributed by atoms with Crippen LogP contribution in [-0.4, -0.2) is 48.5 Å². The molecule has 164 valence electrons. The number of nitrogens with one attached hydrogen (secondary N) is 2. The van der Waals surface area contributed by atoms with E-state index >= 15 is 0 Å². The number of phenolic OH excluding ortho intramolecular Hbond substituents is 1. The van der Waals surface area contributed by atoms with Crippen LogP contribution in [0.15, 0.2) is 36.4 Å². The smallest absolute Gasteiger partial charge is 0.159 e. The monoisotopic (exact) mass is 429 g/mol. The maximum absolute atomic E-state index is 11.6. The molecule has 4 aromatic rings. The molecule has 7 nitrogen and oxygen atoms in total. The van der Waals surface area contributed by atoms with Gasteiger partial charge in [0, 0.05) is 24.4 Å². The third-order valence-corrected chi connectivity index (χ3v) is 6.42. The minimum absolute atomic E-state index is 0.143. The van der Waals surface area contributed by atoms with Gasteiger partial charge in [-0.05, 0) is 61.2 Å². The molecule has 5 rings (SSSR count). The third-order valence-electron chi connectivity index (χ3n) is 6.42. The number of H-pyrrole nitrogens is 2. The van der Waals surface area contributed by atoms with Crippen LogP contribution in [0.4, 0.5) is 0 Å². The molecule has 2 aromatic heterocycles. The number of carbonyl (C=O) groups excluding carboxylic acids is 1. The van der Waals surface area contributed by atoms with Crippen LogP contribution < -0.4 is 0 Å². The van der Waals surface area contributed by atoms with Gasteiger partial charge in [0.1, 0.15) is 17.7 Å². The van der Waals surface area contributed by atoms with E-state index in [4.69, 9.17) is 4.98 Å². The van der Waals surface area contributed by atoms with Gasteiger partial charge < -0.3 is 14.9 Å². The summed E-state index contributed by atoms with van der Waals surface area (Å²) in [7, 11) is 0. The Labute approximate surface area is 186 Å². The van der Waals surface area contributed by atoms with Crippen molar-refractivity contribution in [2.45, 2.75) is 52.2 Å². The molecule has 0 aliphatic carbocycles. The van der Waals surface area contributed by atoms with Crippen LogP contribution in [0, 0.1) is 0 Å². The highest BCUT2D eigenvalue weighted by Gasteiger charge is 2.30. The van der Waals surface area contributed by atoms with Gasteiger partial charge in [-0.1, -0.05) is 19.1 Å². The molecule has 1 atom stereocenters. The Kier molecular flexibility index (Phi) is 5.06. The van der Waals surface area contributed by atoms with Crippen molar-refractivity contribution in [1.29, 1.82) is 0 Å². The first-order valence-electron chi connectivity index (χ1n) is 11.1. The van der Waals surface area contributed by atoms with Crippen molar-refractivity contribution >= 4 is 17.2 Å². The normalized spacial score (nSPS) is 16.6. The molecule has 0 saturated heterocycles. The molecule has 1 aliphatic heterocycles. The number of aromatic amines is 2. The summed E-state index contributed by atoms with van der Waals surface area (Å²) in [5.74, 6) is 1.01. The summed E-state index contributed by atoms with van der Waals surface area (Å²) in [6.07, 6.45) is 2.47. The molecule has 3 heterocycles. The fraction of sp³-hybridized carbons (Fsp3) is 0.320. The molecule has 32 heavy (non-hydrogen) atoms. The Balaban J connectivity index is 1.52. The number of benzene rings is 2. The lowest BCUT2D eigenvalue weighted by molar-refractivity contribution is -0.113. The number of carbonyl (C=O) groups is 1. The molecule has 1 aliphatic rings. The van der Waals surface area contributed by atoms with E-state index in [0.29, 0.717) is 13.0 Å². The van der Waals surface area contributed by atoms with E-state index in [9.17, 15) is 9.90 Å². The van der Waals surface area contributed by atoms with E-state index in [1.54, 1.807) is 6.07 Å². The van der Waals surface area contributed by atoms with Crippen LogP contribution in [0.1, 0.15) is 37.7 Å². The topological polar surface area (TPSA) is 97.9 Å². The first-order valence-corrected chi connectivity index (χ1v) is 11.1. The molecular weight excluding hydrogens is 402 g/mol. The van der Waals surface area contributed by atoms with Crippen molar-refractivity contribution in [1.82, 2.24) is 25.1 Å². The molecular formula is C25H27N5O2. The van der Waals surface area contributed by atoms with E-state index < -0.39 is 0 Å². The fourth-order valence-electron chi connectivity index (χ4n) is 4.69. The van der Waals surface area contributed by atoms with Gasteiger partial charge in [-0.25, -0.2) is 4.98 Å². The zero-order valence-corrected chi connectivity index (χ0v) is 18.5. The number of phenols is 1. The highest BCUT2D eigenvalue weighted by atomic mass is 16.3. The van der Waals surface area contributed by atoms with Gasteiger partial charge in [0.25, 0.3) is 0 Å². The van der Waals surface area contributed by atoms with Crippen LogP contribution >= 0.6 is 0 Å². The Morgan fingerprint density at radius 3 is 2.84 bits per heavy atom. The fourth-order valence-corrected chi connectivity index (χ4v) is 4.69. The van der Waals surface area contributed by atoms with Crippen molar-refractivity contribution in [3.05, 3.63) is 53.3 Å². The van der Waals surface area contributed by atoms with Crippen molar-refractivity contribution < 1.29 is 9.90 Å². The maximum Gasteiger partial charge on any atom is 0.159 e. The molecule has 0 radical (unpaired) electrons. The van der Waals surface area contributed by atoms with Crippen LogP contribution in [0.2, 0.25) is 0 Å². The summed E-state index contributed by atoms with van der Waals surface area (Å²) in [6, 6.07) is 11.9. The second-order valence-electron chi connectivity index (χ2n) is 8.71. The van der Waals surface area contributed by atoms with Crippen LogP contribution in [-0.2, 0) is 24.2 Å². The molecule has 7 heteroatoms. The first kappa shape index (κ1) is 20.5. The molecule has 0 saturated carbocycles. The van der Waals surface area contributed by atoms with Crippen molar-refractivity contribution in [2.24, 2.45) is 0 Å². The summed E-state index contributed by atoms with van der Waals surface area (Å²) in [5, 5.41) is 18.5. The first-order chi connectivity index (χ1) is 15.5. The van der Waals surface area contributed by atoms with Gasteiger partial charge in [-0.3, -0.25) is 10.00 Å². The van der Waals surface area contributed by atoms with Crippen LogP contribution in [0.25, 0.3) is 33.5 Å². The van der Waals surface area contributed by atoms with E-state index in [-0.39, 0.29) is 17.8 Å². The van der Waals surface area contributed by atoms with Gasteiger partial charge in [-0.15, -0.1) is 0 Å². The summed E-state index contributed by atoms with van der Waals surface area (Å²) in [6.45, 7) is 6.97. The van der Waals surface area contributed by atoms with Crippen molar-refractivity contribution in [3.63, 3.8) is 0 Å². The van der Waals surface area contributed by atoms with Crippen LogP contribution in [0.3, 0.4) is 0 Å². The summed E-state index contributed by atoms with van der Waals surface area (Å²) in [4.78, 5) is 22.0. The van der Waals surface area contributed by atoms with Crippen LogP contribution in [0.5, 0.6) is 5.75 Å². The number of fused-ring (bicyclic) bond motifs is 2. The summed E-state index contributed by atoms with van der Waals surface area (Å²) in [5.41, 5.74) is 6.98. The van der Waals surface area contributed by atoms with E-state index in [2.05, 4.69) is 59.1 Å². The number of aldehydes is 1. The minimum Gasteiger partial charge on any atom is -0.508 e. The minimum atomic E-state index is -0.143. The van der Waals surface area contributed by atoms with Gasteiger partial charge in [0.15, 0.2) is 5.82 Å². The molecule has 0 amide bonds. The van der Waals surface area contributed by atoms with E-state index in [0.717, 1.165) is 63.2 Å². The maximum atomic E-state index is 11.6. The molecule has 2 aromatic carbocycles. The molecule has 0 spiro atoms. The molecule has 0 bridgehead atoms. The quantitative estimate of drug-likeness (QED) is 0.413. The highest BCUT2D eigenvalue weighted by molar-refractivity contribution is 5.94. The lowest BCUT2D eigenvalue weighted by Gasteiger charge is -2.34. The average Bonchev–Trinajstić information content (AvgIpc) is 3.40. The summed E-state index contributed by atoms with van der Waals surface area (Å²) >= 11 is 0. The number of aromatic hydroxyl groups is 1. The SMILES string of the molecule is CCc1cc(O)ccc1-c1ccc2c(-c3nc4c([nH]3)CN(C(C)C)[C@H](C=O)C4)n[nH]c2c1. The molecule has 0 unspecified atom stereocenters. The van der Waals surface area contributed by atoms with Crippen molar-refractivity contribution in [2.75, 3.05) is 0 Å². The number of rotatable bonds is 5.